The van der Waals surface area contributed by atoms with E-state index in [0.29, 0.717) is 11.8 Å². The van der Waals surface area contributed by atoms with Gasteiger partial charge in [-0.05, 0) is 65.2 Å². The zero-order valence-corrected chi connectivity index (χ0v) is 27.9. The third-order valence-corrected chi connectivity index (χ3v) is 8.41. The fraction of sp³-hybridized carbons (Fsp3) is 0.450. The van der Waals surface area contributed by atoms with Gasteiger partial charge in [-0.15, -0.1) is 0 Å². The summed E-state index contributed by atoms with van der Waals surface area (Å²) in [7, 11) is 0. The van der Waals surface area contributed by atoms with Crippen LogP contribution in [-0.2, 0) is 0 Å². The van der Waals surface area contributed by atoms with Crippen LogP contribution in [0.1, 0.15) is 82.1 Å². The average Bonchev–Trinajstić information content (AvgIpc) is 2.84. The lowest BCUT2D eigenvalue weighted by Crippen LogP contribution is -2.32. The van der Waals surface area contributed by atoms with Gasteiger partial charge in [0.15, 0.2) is 0 Å². The molecule has 0 unspecified atom stereocenters. The predicted molar refractivity (Wildman–Crippen MR) is 184 cm³/mol. The fourth-order valence-electron chi connectivity index (χ4n) is 6.16. The summed E-state index contributed by atoms with van der Waals surface area (Å²) >= 11 is 0. The minimum atomic E-state index is -0.331. The van der Waals surface area contributed by atoms with Crippen LogP contribution in [0.25, 0.3) is 0 Å². The van der Waals surface area contributed by atoms with Gasteiger partial charge in [-0.2, -0.15) is 0 Å². The molecular weight excluding hydrogens is 512 g/mol. The van der Waals surface area contributed by atoms with E-state index >= 15 is 0 Å². The molecule has 42 heavy (non-hydrogen) atoms. The van der Waals surface area contributed by atoms with E-state index in [1.807, 2.05) is 12.2 Å². The maximum atomic E-state index is 10.1. The first-order valence-corrected chi connectivity index (χ1v) is 15.4. The topological polar surface area (TPSA) is 40.5 Å². The first kappa shape index (κ1) is 35.3. The molecule has 0 heterocycles. The number of aliphatic hydroxyl groups excluding tert-OH is 2. The SMILES string of the molecule is CC1=C[C@@H](O)CC(C)(C)[C@@H]1/C=C/C(C)=C/C=C/C(C)=C/C=C/C=C(C)/C=C/C=C(C)/C=C/[C@H]1C(C)=C[C@H](O)CC1(C)C. The van der Waals surface area contributed by atoms with Crippen molar-refractivity contribution in [1.82, 2.24) is 0 Å². The van der Waals surface area contributed by atoms with Gasteiger partial charge in [0.25, 0.3) is 0 Å². The molecule has 0 amide bonds. The second-order valence-corrected chi connectivity index (χ2v) is 13.8. The van der Waals surface area contributed by atoms with Gasteiger partial charge in [0.05, 0.1) is 12.2 Å². The van der Waals surface area contributed by atoms with Crippen molar-refractivity contribution in [3.05, 3.63) is 131 Å². The third-order valence-electron chi connectivity index (χ3n) is 8.41. The van der Waals surface area contributed by atoms with E-state index in [9.17, 15) is 10.2 Å². The maximum Gasteiger partial charge on any atom is 0.0729 e. The molecule has 0 aliphatic heterocycles. The van der Waals surface area contributed by atoms with Gasteiger partial charge >= 0.3 is 0 Å². The van der Waals surface area contributed by atoms with Crippen LogP contribution in [0.4, 0.5) is 0 Å². The van der Waals surface area contributed by atoms with Gasteiger partial charge in [0, 0.05) is 11.8 Å². The van der Waals surface area contributed by atoms with Crippen LogP contribution >= 0.6 is 0 Å². The molecule has 2 rings (SSSR count). The zero-order chi connectivity index (χ0) is 31.5. The van der Waals surface area contributed by atoms with Gasteiger partial charge in [0.2, 0.25) is 0 Å². The molecule has 2 N–H and O–H groups in total. The highest BCUT2D eigenvalue weighted by Gasteiger charge is 2.35. The molecular formula is C40H56O2. The molecule has 2 heteroatoms. The molecule has 0 aromatic carbocycles. The largest absolute Gasteiger partial charge is 0.389 e. The fourth-order valence-corrected chi connectivity index (χ4v) is 6.16. The van der Waals surface area contributed by atoms with Crippen LogP contribution in [0.2, 0.25) is 0 Å². The molecule has 0 aromatic rings. The van der Waals surface area contributed by atoms with Crippen molar-refractivity contribution in [2.75, 3.05) is 0 Å². The number of rotatable bonds is 10. The Kier molecular flexibility index (Phi) is 13.5. The number of hydrogen-bond donors (Lipinski definition) is 2. The highest BCUT2D eigenvalue weighted by Crippen LogP contribution is 2.42. The van der Waals surface area contributed by atoms with Gasteiger partial charge in [0.1, 0.15) is 0 Å². The Bertz CT molecular complexity index is 1160. The van der Waals surface area contributed by atoms with Crippen LogP contribution in [0.15, 0.2) is 131 Å². The van der Waals surface area contributed by atoms with Crippen molar-refractivity contribution in [3.63, 3.8) is 0 Å². The number of aliphatic hydroxyl groups is 2. The van der Waals surface area contributed by atoms with E-state index in [0.717, 1.165) is 12.8 Å². The first-order chi connectivity index (χ1) is 19.6. The Morgan fingerprint density at radius 1 is 0.571 bits per heavy atom. The summed E-state index contributed by atoms with van der Waals surface area (Å²) in [6, 6.07) is 0. The van der Waals surface area contributed by atoms with Crippen molar-refractivity contribution in [2.24, 2.45) is 22.7 Å². The summed E-state index contributed by atoms with van der Waals surface area (Å²) < 4.78 is 0. The lowest BCUT2D eigenvalue weighted by molar-refractivity contribution is 0.117. The minimum absolute atomic E-state index is 0.0574. The lowest BCUT2D eigenvalue weighted by atomic mass is 9.67. The Balaban J connectivity index is 1.89. The van der Waals surface area contributed by atoms with E-state index in [4.69, 9.17) is 0 Å². The molecule has 2 aliphatic rings. The standard InChI is InChI=1S/C40H56O2/c1-29(17-13-19-31(3)21-23-37-33(5)25-35(41)27-39(37,7)8)15-11-12-16-30(2)18-14-20-32(4)22-24-38-34(6)26-36(42)28-40(38,9)10/h11-26,35-38,41-42H,27-28H2,1-10H3/b12-11+,17-13+,18-14+,23-21+,24-22+,29-15+,30-16+,31-19+,32-20+/t35-,36+,37-,38+. The van der Waals surface area contributed by atoms with E-state index in [1.165, 1.54) is 33.4 Å². The summed E-state index contributed by atoms with van der Waals surface area (Å²) in [5.74, 6) is 0.696. The Morgan fingerprint density at radius 3 is 1.21 bits per heavy atom. The van der Waals surface area contributed by atoms with E-state index in [-0.39, 0.29) is 23.0 Å². The summed E-state index contributed by atoms with van der Waals surface area (Å²) in [5.41, 5.74) is 7.40. The van der Waals surface area contributed by atoms with Crippen molar-refractivity contribution in [3.8, 4) is 0 Å². The monoisotopic (exact) mass is 568 g/mol. The van der Waals surface area contributed by atoms with Gasteiger partial charge in [-0.1, -0.05) is 158 Å². The van der Waals surface area contributed by atoms with Gasteiger partial charge in [-0.3, -0.25) is 0 Å². The third kappa shape index (κ3) is 11.7. The predicted octanol–water partition coefficient (Wildman–Crippen LogP) is 10.3. The quantitative estimate of drug-likeness (QED) is 0.203. The smallest absolute Gasteiger partial charge is 0.0729 e. The molecule has 228 valence electrons. The van der Waals surface area contributed by atoms with Crippen molar-refractivity contribution >= 4 is 0 Å². The first-order valence-electron chi connectivity index (χ1n) is 15.4. The van der Waals surface area contributed by atoms with Crippen LogP contribution in [0.3, 0.4) is 0 Å². The lowest BCUT2D eigenvalue weighted by Gasteiger charge is -2.38. The second-order valence-electron chi connectivity index (χ2n) is 13.8. The summed E-state index contributed by atoms with van der Waals surface area (Å²) in [6.45, 7) is 21.6. The van der Waals surface area contributed by atoms with Crippen LogP contribution in [0.5, 0.6) is 0 Å². The summed E-state index contributed by atoms with van der Waals surface area (Å²) in [6.07, 6.45) is 35.0. The molecule has 4 atom stereocenters. The van der Waals surface area contributed by atoms with E-state index < -0.39 is 0 Å². The molecule has 0 aromatic heterocycles. The van der Waals surface area contributed by atoms with E-state index in [1.54, 1.807) is 0 Å². The molecule has 2 aliphatic carbocycles. The maximum absolute atomic E-state index is 10.1. The molecule has 0 saturated carbocycles. The molecule has 0 radical (unpaired) electrons. The van der Waals surface area contributed by atoms with E-state index in [2.05, 4.69) is 154 Å². The second kappa shape index (κ2) is 16.1. The normalized spacial score (nSPS) is 28.1. The average molecular weight is 569 g/mol. The van der Waals surface area contributed by atoms with Crippen LogP contribution in [0, 0.1) is 22.7 Å². The summed E-state index contributed by atoms with van der Waals surface area (Å²) in [5, 5.41) is 20.1. The molecule has 0 bridgehead atoms. The van der Waals surface area contributed by atoms with Gasteiger partial charge < -0.3 is 10.2 Å². The van der Waals surface area contributed by atoms with Crippen LogP contribution in [-0.4, -0.2) is 22.4 Å². The van der Waals surface area contributed by atoms with Crippen LogP contribution < -0.4 is 0 Å². The molecule has 0 spiro atoms. The number of allylic oxidation sites excluding steroid dienone is 20. The molecule has 0 fully saturated rings. The Hall–Kier alpha value is -2.94. The number of hydrogen-bond acceptors (Lipinski definition) is 2. The minimum Gasteiger partial charge on any atom is -0.389 e. The van der Waals surface area contributed by atoms with Crippen molar-refractivity contribution < 1.29 is 10.2 Å². The molecule has 0 saturated heterocycles. The molecule has 2 nitrogen and oxygen atoms in total. The Morgan fingerprint density at radius 2 is 0.881 bits per heavy atom. The zero-order valence-electron chi connectivity index (χ0n) is 27.9. The van der Waals surface area contributed by atoms with Gasteiger partial charge in [-0.25, -0.2) is 0 Å². The van der Waals surface area contributed by atoms with Crippen molar-refractivity contribution in [2.45, 2.75) is 94.3 Å². The highest BCUT2D eigenvalue weighted by atomic mass is 16.3. The summed E-state index contributed by atoms with van der Waals surface area (Å²) in [4.78, 5) is 0. The van der Waals surface area contributed by atoms with Crippen molar-refractivity contribution in [1.29, 1.82) is 0 Å². The Labute approximate surface area is 257 Å². The highest BCUT2D eigenvalue weighted by molar-refractivity contribution is 5.33.